The van der Waals surface area contributed by atoms with Crippen LogP contribution in [-0.4, -0.2) is 41.7 Å². The number of ether oxygens (including phenoxy) is 2. The summed E-state index contributed by atoms with van der Waals surface area (Å²) in [4.78, 5) is 28.2. The first kappa shape index (κ1) is 20.3. The van der Waals surface area contributed by atoms with Crippen LogP contribution >= 0.6 is 0 Å². The van der Waals surface area contributed by atoms with Gasteiger partial charge in [0.15, 0.2) is 17.2 Å². The van der Waals surface area contributed by atoms with Gasteiger partial charge in [-0.1, -0.05) is 13.0 Å². The lowest BCUT2D eigenvalue weighted by atomic mass is 9.77. The number of alkyl halides is 3. The van der Waals surface area contributed by atoms with E-state index in [-0.39, 0.29) is 11.4 Å². The molecule has 0 saturated carbocycles. The highest BCUT2D eigenvalue weighted by molar-refractivity contribution is 5.97. The van der Waals surface area contributed by atoms with E-state index in [2.05, 4.69) is 15.0 Å². The van der Waals surface area contributed by atoms with Gasteiger partial charge < -0.3 is 20.5 Å². The molecule has 2 heterocycles. The quantitative estimate of drug-likeness (QED) is 0.643. The highest BCUT2D eigenvalue weighted by Crippen LogP contribution is 2.55. The Hall–Kier alpha value is -3.28. The number of carbonyl (C=O) groups excluding carboxylic acids is 2. The van der Waals surface area contributed by atoms with Gasteiger partial charge in [0.1, 0.15) is 11.8 Å². The Morgan fingerprint density at radius 3 is 2.61 bits per heavy atom. The molecule has 1 aromatic carbocycles. The molecule has 0 radical (unpaired) electrons. The number of hydrogen-bond acceptors (Lipinski definition) is 5. The van der Waals surface area contributed by atoms with Crippen LogP contribution in [0.1, 0.15) is 39.9 Å². The molecule has 178 valence electrons. The van der Waals surface area contributed by atoms with Crippen molar-refractivity contribution < 1.29 is 45.1 Å². The number of primary amides is 1. The Labute approximate surface area is 189 Å². The normalized spacial score (nSPS) is 26.8. The molecule has 0 unspecified atom stereocenters. The topological polar surface area (TPSA) is 104 Å². The molecule has 0 spiro atoms. The van der Waals surface area contributed by atoms with Crippen LogP contribution in [0, 0.1) is 17.6 Å². The van der Waals surface area contributed by atoms with Crippen LogP contribution in [0.5, 0.6) is 5.75 Å². The minimum atomic E-state index is -5.01. The standard InChI is InChI=1S/C21H20F5N3O4/c1-9-14(11-4-5-12(22)15(23)16(11)32-3)17(33-20(9,2)21(24,25)26)19(31)29-10-6-7-28-13(8-10)18(27)30/h4-9,14,17H,1-3H3,(H2,27,30)(H,28,29,31)/t9-,14+,17+,20+/m0/s1/i3D3. The molecular weight excluding hydrogens is 453 g/mol. The van der Waals surface area contributed by atoms with Crippen molar-refractivity contribution in [1.82, 2.24) is 4.98 Å². The van der Waals surface area contributed by atoms with Crippen molar-refractivity contribution in [3.8, 4) is 5.75 Å². The summed E-state index contributed by atoms with van der Waals surface area (Å²) in [6.07, 6.45) is -5.87. The van der Waals surface area contributed by atoms with Crippen LogP contribution in [0.4, 0.5) is 27.6 Å². The summed E-state index contributed by atoms with van der Waals surface area (Å²) < 4.78 is 102. The summed E-state index contributed by atoms with van der Waals surface area (Å²) in [6, 6.07) is 3.70. The molecule has 1 saturated heterocycles. The van der Waals surface area contributed by atoms with E-state index in [9.17, 15) is 31.5 Å². The van der Waals surface area contributed by atoms with Crippen molar-refractivity contribution >= 4 is 17.5 Å². The lowest BCUT2D eigenvalue weighted by Gasteiger charge is -2.32. The van der Waals surface area contributed by atoms with Crippen molar-refractivity contribution in [3.63, 3.8) is 0 Å². The highest BCUT2D eigenvalue weighted by Gasteiger charge is 2.65. The number of halogens is 5. The number of pyridine rings is 1. The van der Waals surface area contributed by atoms with Crippen LogP contribution in [0.3, 0.4) is 0 Å². The minimum absolute atomic E-state index is 0.0660. The maximum atomic E-state index is 14.6. The van der Waals surface area contributed by atoms with Crippen molar-refractivity contribution in [3.05, 3.63) is 53.4 Å². The van der Waals surface area contributed by atoms with Gasteiger partial charge in [0.25, 0.3) is 11.8 Å². The van der Waals surface area contributed by atoms with E-state index in [0.717, 1.165) is 25.3 Å². The van der Waals surface area contributed by atoms with Gasteiger partial charge in [0, 0.05) is 29.3 Å². The second kappa shape index (κ2) is 8.58. The lowest BCUT2D eigenvalue weighted by molar-refractivity contribution is -0.272. The number of carbonyl (C=O) groups is 2. The number of anilines is 1. The molecule has 33 heavy (non-hydrogen) atoms. The molecular formula is C21H20F5N3O4. The Morgan fingerprint density at radius 2 is 2.00 bits per heavy atom. The second-order valence-electron chi connectivity index (χ2n) is 7.62. The smallest absolute Gasteiger partial charge is 0.417 e. The summed E-state index contributed by atoms with van der Waals surface area (Å²) in [5.74, 6) is -9.76. The third kappa shape index (κ3) is 4.22. The van der Waals surface area contributed by atoms with Crippen molar-refractivity contribution in [2.24, 2.45) is 11.7 Å². The first-order valence-corrected chi connectivity index (χ1v) is 9.44. The van der Waals surface area contributed by atoms with E-state index in [4.69, 9.17) is 14.6 Å². The molecule has 3 rings (SSSR count). The number of nitrogens with one attached hydrogen (secondary N) is 1. The monoisotopic (exact) mass is 476 g/mol. The number of nitrogens with two attached hydrogens (primary N) is 1. The predicted molar refractivity (Wildman–Crippen MR) is 106 cm³/mol. The van der Waals surface area contributed by atoms with E-state index in [1.54, 1.807) is 0 Å². The second-order valence-corrected chi connectivity index (χ2v) is 7.62. The van der Waals surface area contributed by atoms with Crippen LogP contribution < -0.4 is 15.8 Å². The number of amides is 2. The Balaban J connectivity index is 2.12. The average Bonchev–Trinajstić information content (AvgIpc) is 3.03. The molecule has 1 aromatic heterocycles. The van der Waals surface area contributed by atoms with Gasteiger partial charge >= 0.3 is 6.18 Å². The van der Waals surface area contributed by atoms with Gasteiger partial charge in [-0.15, -0.1) is 0 Å². The van der Waals surface area contributed by atoms with Gasteiger partial charge in [-0.2, -0.15) is 17.6 Å². The summed E-state index contributed by atoms with van der Waals surface area (Å²) in [5.41, 5.74) is 1.36. The van der Waals surface area contributed by atoms with Gasteiger partial charge in [0.2, 0.25) is 5.82 Å². The SMILES string of the molecule is [2H]C([2H])([2H])Oc1c([C@@H]2[C@H](C(=O)Nc3ccnc(C(N)=O)c3)O[C@@](C)(C(F)(F)F)[C@H]2C)ccc(F)c1F. The summed E-state index contributed by atoms with van der Waals surface area (Å²) >= 11 is 0. The molecule has 1 aliphatic heterocycles. The summed E-state index contributed by atoms with van der Waals surface area (Å²) in [5, 5.41) is 2.28. The molecule has 12 heteroatoms. The zero-order valence-corrected chi connectivity index (χ0v) is 17.2. The van der Waals surface area contributed by atoms with E-state index in [0.29, 0.717) is 13.0 Å². The lowest BCUT2D eigenvalue weighted by Crippen LogP contribution is -2.47. The Bertz CT molecular complexity index is 1190. The van der Waals surface area contributed by atoms with E-state index in [1.807, 2.05) is 0 Å². The van der Waals surface area contributed by atoms with E-state index in [1.165, 1.54) is 6.07 Å². The van der Waals surface area contributed by atoms with Crippen LogP contribution in [0.15, 0.2) is 30.5 Å². The van der Waals surface area contributed by atoms with Crippen LogP contribution in [0.25, 0.3) is 0 Å². The van der Waals surface area contributed by atoms with E-state index >= 15 is 0 Å². The Kier molecular flexibility index (Phi) is 5.29. The molecule has 0 bridgehead atoms. The fourth-order valence-corrected chi connectivity index (χ4v) is 3.79. The highest BCUT2D eigenvalue weighted by atomic mass is 19.4. The minimum Gasteiger partial charge on any atom is -0.493 e. The number of methoxy groups -OCH3 is 1. The zero-order valence-electron chi connectivity index (χ0n) is 20.2. The average molecular weight is 476 g/mol. The molecule has 2 aromatic rings. The predicted octanol–water partition coefficient (Wildman–Crippen LogP) is 3.55. The molecule has 0 aliphatic carbocycles. The van der Waals surface area contributed by atoms with Crippen LogP contribution in [-0.2, 0) is 9.53 Å². The van der Waals surface area contributed by atoms with Crippen molar-refractivity contribution in [2.75, 3.05) is 12.4 Å². The number of rotatable bonds is 5. The number of hydrogen-bond donors (Lipinski definition) is 2. The van der Waals surface area contributed by atoms with Crippen molar-refractivity contribution in [2.45, 2.75) is 37.6 Å². The van der Waals surface area contributed by atoms with Gasteiger partial charge in [-0.05, 0) is 25.1 Å². The molecule has 1 aliphatic rings. The maximum absolute atomic E-state index is 14.6. The number of aromatic nitrogens is 1. The third-order valence-corrected chi connectivity index (χ3v) is 5.75. The molecule has 1 fully saturated rings. The first-order valence-electron chi connectivity index (χ1n) is 10.9. The molecule has 4 atom stereocenters. The van der Waals surface area contributed by atoms with Gasteiger partial charge in [0.05, 0.1) is 11.2 Å². The number of nitrogens with zero attached hydrogens (tertiary/aromatic N) is 1. The van der Waals surface area contributed by atoms with Crippen molar-refractivity contribution in [1.29, 1.82) is 0 Å². The van der Waals surface area contributed by atoms with Crippen LogP contribution in [0.2, 0.25) is 0 Å². The third-order valence-electron chi connectivity index (χ3n) is 5.75. The largest absolute Gasteiger partial charge is 0.493 e. The summed E-state index contributed by atoms with van der Waals surface area (Å²) in [7, 11) is -3.29. The molecule has 3 N–H and O–H groups in total. The Morgan fingerprint density at radius 1 is 1.30 bits per heavy atom. The molecule has 7 nitrogen and oxygen atoms in total. The fraction of sp³-hybridized carbons (Fsp3) is 0.381. The maximum Gasteiger partial charge on any atom is 0.417 e. The zero-order chi connectivity index (χ0) is 27.2. The first-order chi connectivity index (χ1) is 16.5. The summed E-state index contributed by atoms with van der Waals surface area (Å²) in [6.45, 7) is 1.75. The van der Waals surface area contributed by atoms with E-state index < -0.39 is 71.5 Å². The van der Waals surface area contributed by atoms with Gasteiger partial charge in [-0.3, -0.25) is 14.6 Å². The fourth-order valence-electron chi connectivity index (χ4n) is 3.79. The molecule has 2 amide bonds. The number of benzene rings is 1. The van der Waals surface area contributed by atoms with Gasteiger partial charge in [-0.25, -0.2) is 4.39 Å².